The van der Waals surface area contributed by atoms with Gasteiger partial charge in [-0.15, -0.1) is 0 Å². The van der Waals surface area contributed by atoms with Gasteiger partial charge in [0.05, 0.1) is 22.9 Å². The standard InChI is InChI=1S/C20H16FN5O3/c1-25-11-23-16-5-3-12(9-13(16)19(25)27)29-18-14(10-22)17(6-4-15(18)21)24-20(28)26-7-2-8-26/h3-6,9,11H,2,7-8H2,1H3,(H,24,28). The van der Waals surface area contributed by atoms with E-state index in [1.807, 2.05) is 6.07 Å². The number of aryl methyl sites for hydroxylation is 1. The average Bonchev–Trinajstić information content (AvgIpc) is 2.66. The molecule has 0 atom stereocenters. The summed E-state index contributed by atoms with van der Waals surface area (Å²) in [7, 11) is 1.57. The molecule has 1 aromatic heterocycles. The molecule has 0 unspecified atom stereocenters. The van der Waals surface area contributed by atoms with Crippen LogP contribution in [0, 0.1) is 17.1 Å². The fraction of sp³-hybridized carbons (Fsp3) is 0.200. The largest absolute Gasteiger partial charge is 0.453 e. The molecule has 1 saturated heterocycles. The molecule has 29 heavy (non-hydrogen) atoms. The number of likely N-dealkylation sites (tertiary alicyclic amines) is 1. The topological polar surface area (TPSA) is 100 Å². The van der Waals surface area contributed by atoms with Gasteiger partial charge in [-0.3, -0.25) is 4.79 Å². The van der Waals surface area contributed by atoms with Crippen molar-refractivity contribution in [1.29, 1.82) is 5.26 Å². The van der Waals surface area contributed by atoms with Crippen LogP contribution < -0.4 is 15.6 Å². The fourth-order valence-corrected chi connectivity index (χ4v) is 2.96. The van der Waals surface area contributed by atoms with Gasteiger partial charge in [0, 0.05) is 20.1 Å². The molecule has 4 rings (SSSR count). The maximum absolute atomic E-state index is 14.5. The van der Waals surface area contributed by atoms with E-state index in [4.69, 9.17) is 4.74 Å². The smallest absolute Gasteiger partial charge is 0.321 e. The number of urea groups is 1. The summed E-state index contributed by atoms with van der Waals surface area (Å²) in [5, 5.41) is 12.5. The normalized spacial score (nSPS) is 12.9. The molecule has 1 N–H and O–H groups in total. The Balaban J connectivity index is 1.71. The van der Waals surface area contributed by atoms with Gasteiger partial charge < -0.3 is 19.5 Å². The van der Waals surface area contributed by atoms with Gasteiger partial charge in [-0.1, -0.05) is 0 Å². The van der Waals surface area contributed by atoms with Crippen LogP contribution in [0.2, 0.25) is 0 Å². The van der Waals surface area contributed by atoms with Gasteiger partial charge in [0.2, 0.25) is 0 Å². The molecule has 2 heterocycles. The minimum atomic E-state index is -0.761. The molecule has 2 amide bonds. The zero-order valence-electron chi connectivity index (χ0n) is 15.5. The number of fused-ring (bicyclic) bond motifs is 1. The number of benzene rings is 2. The number of nitriles is 1. The molecule has 0 bridgehead atoms. The Bertz CT molecular complexity index is 1230. The Morgan fingerprint density at radius 1 is 1.31 bits per heavy atom. The number of aromatic nitrogens is 2. The van der Waals surface area contributed by atoms with Crippen molar-refractivity contribution < 1.29 is 13.9 Å². The predicted molar refractivity (Wildman–Crippen MR) is 103 cm³/mol. The Hall–Kier alpha value is -3.93. The summed E-state index contributed by atoms with van der Waals surface area (Å²) in [6, 6.07) is 8.51. The first-order chi connectivity index (χ1) is 14.0. The highest BCUT2D eigenvalue weighted by molar-refractivity contribution is 5.92. The lowest BCUT2D eigenvalue weighted by Crippen LogP contribution is -2.44. The quantitative estimate of drug-likeness (QED) is 0.737. The van der Waals surface area contributed by atoms with Crippen LogP contribution >= 0.6 is 0 Å². The monoisotopic (exact) mass is 393 g/mol. The van der Waals surface area contributed by atoms with E-state index in [1.54, 1.807) is 18.0 Å². The number of rotatable bonds is 3. The van der Waals surface area contributed by atoms with Gasteiger partial charge in [0.15, 0.2) is 11.6 Å². The molecule has 9 heteroatoms. The highest BCUT2D eigenvalue weighted by Crippen LogP contribution is 2.34. The summed E-state index contributed by atoms with van der Waals surface area (Å²) < 4.78 is 21.4. The Morgan fingerprint density at radius 2 is 2.10 bits per heavy atom. The number of anilines is 1. The number of halogens is 1. The molecule has 1 aliphatic rings. The second kappa shape index (κ2) is 7.24. The van der Waals surface area contributed by atoms with Gasteiger partial charge in [-0.25, -0.2) is 14.2 Å². The minimum absolute atomic E-state index is 0.141. The van der Waals surface area contributed by atoms with E-state index >= 15 is 0 Å². The van der Waals surface area contributed by atoms with Crippen molar-refractivity contribution in [2.24, 2.45) is 7.05 Å². The van der Waals surface area contributed by atoms with Crippen LogP contribution in [0.4, 0.5) is 14.9 Å². The van der Waals surface area contributed by atoms with Crippen molar-refractivity contribution in [2.45, 2.75) is 6.42 Å². The molecule has 0 radical (unpaired) electrons. The molecular weight excluding hydrogens is 377 g/mol. The molecule has 1 aliphatic heterocycles. The lowest BCUT2D eigenvalue weighted by molar-refractivity contribution is 0.181. The number of hydrogen-bond acceptors (Lipinski definition) is 5. The summed E-state index contributed by atoms with van der Waals surface area (Å²) >= 11 is 0. The Kier molecular flexibility index (Phi) is 4.60. The zero-order valence-corrected chi connectivity index (χ0v) is 15.5. The Morgan fingerprint density at radius 3 is 2.79 bits per heavy atom. The van der Waals surface area contributed by atoms with E-state index < -0.39 is 5.82 Å². The summed E-state index contributed by atoms with van der Waals surface area (Å²) in [4.78, 5) is 30.2. The second-order valence-electron chi connectivity index (χ2n) is 6.62. The third-order valence-corrected chi connectivity index (χ3v) is 4.72. The fourth-order valence-electron chi connectivity index (χ4n) is 2.96. The van der Waals surface area contributed by atoms with Crippen molar-refractivity contribution in [3.05, 3.63) is 58.4 Å². The van der Waals surface area contributed by atoms with Gasteiger partial charge in [-0.05, 0) is 36.8 Å². The summed E-state index contributed by atoms with van der Waals surface area (Å²) in [6.45, 7) is 1.27. The highest BCUT2D eigenvalue weighted by Gasteiger charge is 2.23. The predicted octanol–water partition coefficient (Wildman–Crippen LogP) is 2.97. The summed E-state index contributed by atoms with van der Waals surface area (Å²) in [5.74, 6) is -0.916. The maximum atomic E-state index is 14.5. The molecule has 8 nitrogen and oxygen atoms in total. The first-order valence-corrected chi connectivity index (χ1v) is 8.89. The van der Waals surface area contributed by atoms with Crippen LogP contribution in [-0.4, -0.2) is 33.6 Å². The lowest BCUT2D eigenvalue weighted by atomic mass is 10.1. The maximum Gasteiger partial charge on any atom is 0.321 e. The number of carbonyl (C=O) groups excluding carboxylic acids is 1. The number of hydrogen-bond donors (Lipinski definition) is 1. The lowest BCUT2D eigenvalue weighted by Gasteiger charge is -2.31. The molecule has 0 saturated carbocycles. The van der Waals surface area contributed by atoms with E-state index in [9.17, 15) is 19.2 Å². The van der Waals surface area contributed by atoms with Crippen LogP contribution in [0.15, 0.2) is 41.5 Å². The van der Waals surface area contributed by atoms with Crippen molar-refractivity contribution >= 4 is 22.6 Å². The van der Waals surface area contributed by atoms with Crippen molar-refractivity contribution in [1.82, 2.24) is 14.5 Å². The third-order valence-electron chi connectivity index (χ3n) is 4.72. The molecule has 146 valence electrons. The van der Waals surface area contributed by atoms with Gasteiger partial charge >= 0.3 is 6.03 Å². The zero-order chi connectivity index (χ0) is 20.5. The highest BCUT2D eigenvalue weighted by atomic mass is 19.1. The summed E-state index contributed by atoms with van der Waals surface area (Å²) in [6.07, 6.45) is 2.33. The molecule has 2 aromatic carbocycles. The summed E-state index contributed by atoms with van der Waals surface area (Å²) in [5.41, 5.74) is 0.200. The molecule has 0 spiro atoms. The van der Waals surface area contributed by atoms with Crippen molar-refractivity contribution in [2.75, 3.05) is 18.4 Å². The number of amides is 2. The van der Waals surface area contributed by atoms with Crippen LogP contribution in [0.25, 0.3) is 10.9 Å². The molecule has 0 aliphatic carbocycles. The minimum Gasteiger partial charge on any atom is -0.453 e. The molecular formula is C20H16FN5O3. The first-order valence-electron chi connectivity index (χ1n) is 8.89. The second-order valence-corrected chi connectivity index (χ2v) is 6.62. The van der Waals surface area contributed by atoms with Gasteiger partial charge in [0.25, 0.3) is 5.56 Å². The number of nitrogens with zero attached hydrogens (tertiary/aromatic N) is 4. The van der Waals surface area contributed by atoms with Crippen LogP contribution in [0.3, 0.4) is 0 Å². The van der Waals surface area contributed by atoms with Crippen LogP contribution in [-0.2, 0) is 7.05 Å². The van der Waals surface area contributed by atoms with E-state index in [0.29, 0.717) is 24.0 Å². The SMILES string of the molecule is Cn1cnc2ccc(Oc3c(F)ccc(NC(=O)N4CCC4)c3C#N)cc2c1=O. The Labute approximate surface area is 164 Å². The van der Waals surface area contributed by atoms with E-state index in [1.165, 1.54) is 29.1 Å². The van der Waals surface area contributed by atoms with E-state index in [0.717, 1.165) is 12.5 Å². The average molecular weight is 393 g/mol. The van der Waals surface area contributed by atoms with E-state index in [2.05, 4.69) is 10.3 Å². The third kappa shape index (κ3) is 3.36. The van der Waals surface area contributed by atoms with Crippen molar-refractivity contribution in [3.8, 4) is 17.6 Å². The molecule has 3 aromatic rings. The van der Waals surface area contributed by atoms with Gasteiger partial charge in [0.1, 0.15) is 17.4 Å². The number of carbonyl (C=O) groups is 1. The first kappa shape index (κ1) is 18.4. The van der Waals surface area contributed by atoms with Crippen LogP contribution in [0.1, 0.15) is 12.0 Å². The van der Waals surface area contributed by atoms with Crippen molar-refractivity contribution in [3.63, 3.8) is 0 Å². The number of ether oxygens (including phenoxy) is 1. The van der Waals surface area contributed by atoms with Crippen LogP contribution in [0.5, 0.6) is 11.5 Å². The number of nitrogens with one attached hydrogen (secondary N) is 1. The van der Waals surface area contributed by atoms with Gasteiger partial charge in [-0.2, -0.15) is 5.26 Å². The molecule has 1 fully saturated rings. The van der Waals surface area contributed by atoms with E-state index in [-0.39, 0.29) is 34.3 Å².